The quantitative estimate of drug-likeness (QED) is 0.822. The first-order chi connectivity index (χ1) is 7.56. The van der Waals surface area contributed by atoms with Crippen molar-refractivity contribution in [2.24, 2.45) is 0 Å². The third kappa shape index (κ3) is 3.79. The first-order valence-corrected chi connectivity index (χ1v) is 7.19. The molecule has 0 aliphatic heterocycles. The SMILES string of the molecule is CCCC=CC(=O)NS(=O)(=O)c1cccs1. The molecule has 0 aliphatic rings. The van der Waals surface area contributed by atoms with Crippen LogP contribution in [0.25, 0.3) is 0 Å². The monoisotopic (exact) mass is 259 g/mol. The molecule has 0 bridgehead atoms. The number of thiophene rings is 1. The van der Waals surface area contributed by atoms with Gasteiger partial charge in [0.15, 0.2) is 0 Å². The van der Waals surface area contributed by atoms with Crippen molar-refractivity contribution in [1.29, 1.82) is 0 Å². The second-order valence-electron chi connectivity index (χ2n) is 3.09. The molecule has 4 nitrogen and oxygen atoms in total. The summed E-state index contributed by atoms with van der Waals surface area (Å²) in [5.74, 6) is -0.609. The molecule has 0 aliphatic carbocycles. The van der Waals surface area contributed by atoms with Gasteiger partial charge in [0.1, 0.15) is 4.21 Å². The van der Waals surface area contributed by atoms with Gasteiger partial charge in [0, 0.05) is 0 Å². The first kappa shape index (κ1) is 12.9. The Morgan fingerprint density at radius 1 is 1.56 bits per heavy atom. The van der Waals surface area contributed by atoms with Gasteiger partial charge in [0.25, 0.3) is 15.9 Å². The Bertz CT molecular complexity index is 460. The lowest BCUT2D eigenvalue weighted by molar-refractivity contribution is -0.114. The molecular formula is C10H13NO3S2. The van der Waals surface area contributed by atoms with Crippen molar-refractivity contribution in [3.8, 4) is 0 Å². The molecule has 1 aromatic heterocycles. The van der Waals surface area contributed by atoms with Gasteiger partial charge in [-0.25, -0.2) is 13.1 Å². The van der Waals surface area contributed by atoms with Gasteiger partial charge in [-0.1, -0.05) is 25.5 Å². The third-order valence-corrected chi connectivity index (χ3v) is 4.46. The molecule has 1 amide bonds. The fourth-order valence-corrected chi connectivity index (χ4v) is 2.93. The second kappa shape index (κ2) is 5.81. The standard InChI is InChI=1S/C10H13NO3S2/c1-2-3-4-6-9(12)11-16(13,14)10-7-5-8-15-10/h4-8H,2-3H2,1H3,(H,11,12). The van der Waals surface area contributed by atoms with E-state index in [1.807, 2.05) is 11.6 Å². The number of carbonyl (C=O) groups is 1. The van der Waals surface area contributed by atoms with Crippen LogP contribution in [0.2, 0.25) is 0 Å². The number of hydrogen-bond acceptors (Lipinski definition) is 4. The highest BCUT2D eigenvalue weighted by molar-refractivity contribution is 7.92. The minimum atomic E-state index is -3.69. The highest BCUT2D eigenvalue weighted by Crippen LogP contribution is 2.14. The van der Waals surface area contributed by atoms with E-state index in [9.17, 15) is 13.2 Å². The molecule has 0 aromatic carbocycles. The normalized spacial score (nSPS) is 11.8. The predicted octanol–water partition coefficient (Wildman–Crippen LogP) is 1.91. The van der Waals surface area contributed by atoms with Gasteiger partial charge < -0.3 is 0 Å². The maximum Gasteiger partial charge on any atom is 0.273 e. The number of carbonyl (C=O) groups excluding carboxylic acids is 1. The van der Waals surface area contributed by atoms with Crippen LogP contribution in [-0.2, 0) is 14.8 Å². The van der Waals surface area contributed by atoms with E-state index < -0.39 is 15.9 Å². The van der Waals surface area contributed by atoms with Crippen LogP contribution in [0.4, 0.5) is 0 Å². The molecule has 0 saturated heterocycles. The van der Waals surface area contributed by atoms with Crippen molar-refractivity contribution in [3.63, 3.8) is 0 Å². The molecule has 0 unspecified atom stereocenters. The predicted molar refractivity (Wildman–Crippen MR) is 63.7 cm³/mol. The largest absolute Gasteiger partial charge is 0.273 e. The Labute approximate surface area is 99.0 Å². The Morgan fingerprint density at radius 3 is 2.88 bits per heavy atom. The zero-order chi connectivity index (χ0) is 12.0. The zero-order valence-corrected chi connectivity index (χ0v) is 10.5. The molecule has 16 heavy (non-hydrogen) atoms. The lowest BCUT2D eigenvalue weighted by Crippen LogP contribution is -2.28. The van der Waals surface area contributed by atoms with Gasteiger partial charge in [-0.3, -0.25) is 4.79 Å². The van der Waals surface area contributed by atoms with E-state index in [1.165, 1.54) is 12.1 Å². The zero-order valence-electron chi connectivity index (χ0n) is 8.84. The fourth-order valence-electron chi connectivity index (χ4n) is 0.990. The molecule has 1 heterocycles. The van der Waals surface area contributed by atoms with Crippen molar-refractivity contribution >= 4 is 27.3 Å². The summed E-state index contributed by atoms with van der Waals surface area (Å²) < 4.78 is 25.3. The van der Waals surface area contributed by atoms with Gasteiger partial charge >= 0.3 is 0 Å². The molecule has 0 saturated carbocycles. The van der Waals surface area contributed by atoms with Gasteiger partial charge in [-0.15, -0.1) is 11.3 Å². The van der Waals surface area contributed by atoms with Crippen molar-refractivity contribution in [1.82, 2.24) is 4.72 Å². The minimum absolute atomic E-state index is 0.143. The number of unbranched alkanes of at least 4 members (excludes halogenated alkanes) is 1. The van der Waals surface area contributed by atoms with E-state index in [1.54, 1.807) is 17.5 Å². The van der Waals surface area contributed by atoms with Crippen molar-refractivity contribution < 1.29 is 13.2 Å². The summed E-state index contributed by atoms with van der Waals surface area (Å²) in [5.41, 5.74) is 0. The van der Waals surface area contributed by atoms with Crippen LogP contribution in [0.1, 0.15) is 19.8 Å². The van der Waals surface area contributed by atoms with Crippen LogP contribution in [0, 0.1) is 0 Å². The summed E-state index contributed by atoms with van der Waals surface area (Å²) in [6.07, 6.45) is 4.57. The number of rotatable bonds is 5. The summed E-state index contributed by atoms with van der Waals surface area (Å²) in [6.45, 7) is 1.98. The summed E-state index contributed by atoms with van der Waals surface area (Å²) in [5, 5.41) is 1.64. The number of sulfonamides is 1. The van der Waals surface area contributed by atoms with E-state index in [0.29, 0.717) is 0 Å². The van der Waals surface area contributed by atoms with Gasteiger partial charge in [-0.2, -0.15) is 0 Å². The Kier molecular flexibility index (Phi) is 4.70. The van der Waals surface area contributed by atoms with Crippen LogP contribution >= 0.6 is 11.3 Å². The molecule has 88 valence electrons. The molecule has 0 atom stereocenters. The highest BCUT2D eigenvalue weighted by atomic mass is 32.2. The summed E-state index contributed by atoms with van der Waals surface area (Å²) in [4.78, 5) is 11.3. The number of amides is 1. The maximum atomic E-state index is 11.6. The van der Waals surface area contributed by atoms with E-state index in [2.05, 4.69) is 0 Å². The molecule has 0 fully saturated rings. The van der Waals surface area contributed by atoms with Crippen LogP contribution in [0.3, 0.4) is 0 Å². The van der Waals surface area contributed by atoms with Gasteiger partial charge in [-0.05, 0) is 23.9 Å². The molecule has 6 heteroatoms. The molecule has 0 spiro atoms. The summed E-state index contributed by atoms with van der Waals surface area (Å²) in [6, 6.07) is 3.08. The van der Waals surface area contributed by atoms with Crippen molar-refractivity contribution in [3.05, 3.63) is 29.7 Å². The Balaban J connectivity index is 2.64. The van der Waals surface area contributed by atoms with Crippen molar-refractivity contribution in [2.45, 2.75) is 24.0 Å². The molecule has 1 N–H and O–H groups in total. The molecular weight excluding hydrogens is 246 g/mol. The van der Waals surface area contributed by atoms with E-state index in [0.717, 1.165) is 24.2 Å². The van der Waals surface area contributed by atoms with E-state index >= 15 is 0 Å². The topological polar surface area (TPSA) is 63.2 Å². The molecule has 1 rings (SSSR count). The Hall–Kier alpha value is -1.14. The van der Waals surface area contributed by atoms with Crippen LogP contribution in [-0.4, -0.2) is 14.3 Å². The summed E-state index contributed by atoms with van der Waals surface area (Å²) >= 11 is 1.07. The lowest BCUT2D eigenvalue weighted by Gasteiger charge is -2.00. The van der Waals surface area contributed by atoms with Gasteiger partial charge in [0.05, 0.1) is 0 Å². The van der Waals surface area contributed by atoms with Gasteiger partial charge in [0.2, 0.25) is 0 Å². The van der Waals surface area contributed by atoms with Crippen LogP contribution < -0.4 is 4.72 Å². The smallest absolute Gasteiger partial charge is 0.269 e. The van der Waals surface area contributed by atoms with E-state index in [4.69, 9.17) is 0 Å². The number of allylic oxidation sites excluding steroid dienone is 1. The Morgan fingerprint density at radius 2 is 2.31 bits per heavy atom. The number of hydrogen-bond donors (Lipinski definition) is 1. The lowest BCUT2D eigenvalue weighted by atomic mass is 10.3. The first-order valence-electron chi connectivity index (χ1n) is 4.83. The summed E-state index contributed by atoms with van der Waals surface area (Å²) in [7, 11) is -3.69. The second-order valence-corrected chi connectivity index (χ2v) is 5.95. The van der Waals surface area contributed by atoms with Crippen LogP contribution in [0.5, 0.6) is 0 Å². The fraction of sp³-hybridized carbons (Fsp3) is 0.300. The molecule has 0 radical (unpaired) electrons. The highest BCUT2D eigenvalue weighted by Gasteiger charge is 2.16. The van der Waals surface area contributed by atoms with Crippen LogP contribution in [0.15, 0.2) is 33.9 Å². The average Bonchev–Trinajstić information content (AvgIpc) is 2.70. The number of nitrogens with one attached hydrogen (secondary N) is 1. The minimum Gasteiger partial charge on any atom is -0.269 e. The average molecular weight is 259 g/mol. The van der Waals surface area contributed by atoms with E-state index in [-0.39, 0.29) is 4.21 Å². The maximum absolute atomic E-state index is 11.6. The van der Waals surface area contributed by atoms with Crippen molar-refractivity contribution in [2.75, 3.05) is 0 Å². The molecule has 1 aromatic rings. The third-order valence-electron chi connectivity index (χ3n) is 1.72.